The average molecular weight is 270 g/mol. The summed E-state index contributed by atoms with van der Waals surface area (Å²) >= 11 is 0. The number of nitrogens with two attached hydrogens (primary N) is 1. The minimum atomic E-state index is 0.0293. The summed E-state index contributed by atoms with van der Waals surface area (Å²) in [5.74, 6) is 1.66. The molecule has 0 amide bonds. The Balaban J connectivity index is 2.43. The van der Waals surface area contributed by atoms with Crippen LogP contribution in [-0.2, 0) is 12.0 Å². The lowest BCUT2D eigenvalue weighted by Crippen LogP contribution is -2.12. The van der Waals surface area contributed by atoms with E-state index < -0.39 is 0 Å². The van der Waals surface area contributed by atoms with Crippen molar-refractivity contribution in [1.82, 2.24) is 4.98 Å². The molecule has 0 aliphatic heterocycles. The fourth-order valence-electron chi connectivity index (χ4n) is 2.11. The first-order chi connectivity index (χ1) is 9.41. The summed E-state index contributed by atoms with van der Waals surface area (Å²) in [6.45, 7) is 8.90. The topological polar surface area (TPSA) is 48.1 Å². The molecule has 20 heavy (non-hydrogen) atoms. The number of pyridine rings is 1. The third-order valence-electron chi connectivity index (χ3n) is 3.22. The molecular weight excluding hydrogens is 248 g/mol. The van der Waals surface area contributed by atoms with Crippen LogP contribution >= 0.6 is 0 Å². The van der Waals surface area contributed by atoms with Gasteiger partial charge in [0.1, 0.15) is 11.5 Å². The van der Waals surface area contributed by atoms with Crippen molar-refractivity contribution in [2.45, 2.75) is 39.7 Å². The number of hydrogen-bond donors (Lipinski definition) is 1. The van der Waals surface area contributed by atoms with Crippen LogP contribution in [-0.4, -0.2) is 4.98 Å². The number of para-hydroxylation sites is 1. The molecule has 1 heterocycles. The molecule has 3 heteroatoms. The van der Waals surface area contributed by atoms with E-state index >= 15 is 0 Å². The first-order valence-electron chi connectivity index (χ1n) is 6.85. The first kappa shape index (κ1) is 14.5. The molecule has 0 saturated heterocycles. The number of nitrogens with zero attached hydrogens (tertiary/aromatic N) is 1. The third-order valence-corrected chi connectivity index (χ3v) is 3.22. The fourth-order valence-corrected chi connectivity index (χ4v) is 2.11. The van der Waals surface area contributed by atoms with Crippen molar-refractivity contribution >= 4 is 0 Å². The second-order valence-corrected chi connectivity index (χ2v) is 5.99. The molecule has 1 aromatic heterocycles. The van der Waals surface area contributed by atoms with E-state index in [4.69, 9.17) is 10.5 Å². The molecule has 0 fully saturated rings. The number of rotatable bonds is 3. The molecule has 0 spiro atoms. The normalized spacial score (nSPS) is 11.4. The van der Waals surface area contributed by atoms with Crippen molar-refractivity contribution in [2.24, 2.45) is 5.73 Å². The van der Waals surface area contributed by atoms with Gasteiger partial charge in [-0.1, -0.05) is 39.0 Å². The largest absolute Gasteiger partial charge is 0.457 e. The predicted octanol–water partition coefficient (Wildman–Crippen LogP) is 3.94. The van der Waals surface area contributed by atoms with Crippen molar-refractivity contribution in [3.05, 3.63) is 53.3 Å². The van der Waals surface area contributed by atoms with Crippen LogP contribution in [0.25, 0.3) is 0 Å². The lowest BCUT2D eigenvalue weighted by Gasteiger charge is -2.23. The standard InChI is InChI=1S/C17H22N2O/c1-12-9-16(13(10-18)11-19-12)20-15-8-6-5-7-14(15)17(2,3)4/h5-9,11H,10,18H2,1-4H3. The summed E-state index contributed by atoms with van der Waals surface area (Å²) in [5, 5.41) is 0. The Kier molecular flexibility index (Phi) is 4.09. The molecule has 106 valence electrons. The molecule has 2 aromatic rings. The number of benzene rings is 1. The van der Waals surface area contributed by atoms with E-state index in [1.54, 1.807) is 6.20 Å². The molecule has 2 N–H and O–H groups in total. The number of aryl methyl sites for hydroxylation is 1. The van der Waals surface area contributed by atoms with E-state index in [2.05, 4.69) is 31.8 Å². The summed E-state index contributed by atoms with van der Waals surface area (Å²) in [6, 6.07) is 10.1. The van der Waals surface area contributed by atoms with Crippen LogP contribution in [0.4, 0.5) is 0 Å². The summed E-state index contributed by atoms with van der Waals surface area (Å²) in [4.78, 5) is 4.26. The second-order valence-electron chi connectivity index (χ2n) is 5.99. The molecule has 0 aliphatic rings. The van der Waals surface area contributed by atoms with Crippen molar-refractivity contribution in [3.8, 4) is 11.5 Å². The minimum Gasteiger partial charge on any atom is -0.457 e. The van der Waals surface area contributed by atoms with Gasteiger partial charge in [0.05, 0.1) is 0 Å². The van der Waals surface area contributed by atoms with Gasteiger partial charge in [-0.3, -0.25) is 4.98 Å². The third kappa shape index (κ3) is 3.17. The number of aromatic nitrogens is 1. The monoisotopic (exact) mass is 270 g/mol. The highest BCUT2D eigenvalue weighted by molar-refractivity contribution is 5.43. The van der Waals surface area contributed by atoms with Crippen molar-refractivity contribution in [3.63, 3.8) is 0 Å². The second kappa shape index (κ2) is 5.63. The zero-order valence-corrected chi connectivity index (χ0v) is 12.6. The van der Waals surface area contributed by atoms with Crippen LogP contribution in [0, 0.1) is 6.92 Å². The summed E-state index contributed by atoms with van der Waals surface area (Å²) in [6.07, 6.45) is 1.78. The highest BCUT2D eigenvalue weighted by atomic mass is 16.5. The average Bonchev–Trinajstić information content (AvgIpc) is 2.38. The zero-order chi connectivity index (χ0) is 14.8. The quantitative estimate of drug-likeness (QED) is 0.919. The summed E-state index contributed by atoms with van der Waals surface area (Å²) in [7, 11) is 0. The van der Waals surface area contributed by atoms with E-state index in [-0.39, 0.29) is 5.41 Å². The first-order valence-corrected chi connectivity index (χ1v) is 6.85. The Morgan fingerprint density at radius 3 is 2.50 bits per heavy atom. The molecule has 1 aromatic carbocycles. The van der Waals surface area contributed by atoms with Gasteiger partial charge in [0.2, 0.25) is 0 Å². The minimum absolute atomic E-state index is 0.0293. The molecular formula is C17H22N2O. The van der Waals surface area contributed by atoms with Gasteiger partial charge in [-0.15, -0.1) is 0 Å². The molecule has 3 nitrogen and oxygen atoms in total. The molecule has 0 atom stereocenters. The van der Waals surface area contributed by atoms with Crippen LogP contribution in [0.1, 0.15) is 37.6 Å². The van der Waals surface area contributed by atoms with Crippen molar-refractivity contribution < 1.29 is 4.74 Å². The van der Waals surface area contributed by atoms with E-state index in [9.17, 15) is 0 Å². The Morgan fingerprint density at radius 2 is 1.85 bits per heavy atom. The highest BCUT2D eigenvalue weighted by Crippen LogP contribution is 2.34. The van der Waals surface area contributed by atoms with E-state index in [1.165, 1.54) is 5.56 Å². The maximum atomic E-state index is 6.12. The van der Waals surface area contributed by atoms with Gasteiger partial charge in [0.15, 0.2) is 0 Å². The maximum absolute atomic E-state index is 6.12. The van der Waals surface area contributed by atoms with Gasteiger partial charge in [-0.05, 0) is 18.4 Å². The van der Waals surface area contributed by atoms with Gasteiger partial charge < -0.3 is 10.5 Å². The van der Waals surface area contributed by atoms with Gasteiger partial charge in [-0.2, -0.15) is 0 Å². The molecule has 0 aliphatic carbocycles. The Morgan fingerprint density at radius 1 is 1.15 bits per heavy atom. The maximum Gasteiger partial charge on any atom is 0.135 e. The smallest absolute Gasteiger partial charge is 0.135 e. The summed E-state index contributed by atoms with van der Waals surface area (Å²) in [5.41, 5.74) is 8.80. The molecule has 2 rings (SSSR count). The predicted molar refractivity (Wildman–Crippen MR) is 82.1 cm³/mol. The van der Waals surface area contributed by atoms with E-state index in [0.717, 1.165) is 22.8 Å². The lowest BCUT2D eigenvalue weighted by molar-refractivity contribution is 0.449. The number of ether oxygens (including phenoxy) is 1. The van der Waals surface area contributed by atoms with Crippen molar-refractivity contribution in [2.75, 3.05) is 0 Å². The van der Waals surface area contributed by atoms with E-state index in [0.29, 0.717) is 6.54 Å². The van der Waals surface area contributed by atoms with Crippen molar-refractivity contribution in [1.29, 1.82) is 0 Å². The van der Waals surface area contributed by atoms with Crippen LogP contribution in [0.2, 0.25) is 0 Å². The SMILES string of the molecule is Cc1cc(Oc2ccccc2C(C)(C)C)c(CN)cn1. The molecule has 0 radical (unpaired) electrons. The Labute approximate surface area is 120 Å². The molecule has 0 bridgehead atoms. The van der Waals surface area contributed by atoms with Gasteiger partial charge in [-0.25, -0.2) is 0 Å². The lowest BCUT2D eigenvalue weighted by atomic mass is 9.86. The Bertz CT molecular complexity index is 600. The van der Waals surface area contributed by atoms with Gasteiger partial charge in [0.25, 0.3) is 0 Å². The van der Waals surface area contributed by atoms with E-state index in [1.807, 2.05) is 31.2 Å². The van der Waals surface area contributed by atoms with Crippen LogP contribution in [0.5, 0.6) is 11.5 Å². The van der Waals surface area contributed by atoms with Gasteiger partial charge in [0, 0.05) is 35.6 Å². The van der Waals surface area contributed by atoms with Gasteiger partial charge >= 0.3 is 0 Å². The Hall–Kier alpha value is -1.87. The molecule has 0 unspecified atom stereocenters. The number of hydrogen-bond acceptors (Lipinski definition) is 3. The van der Waals surface area contributed by atoms with Crippen LogP contribution in [0.3, 0.4) is 0 Å². The highest BCUT2D eigenvalue weighted by Gasteiger charge is 2.19. The zero-order valence-electron chi connectivity index (χ0n) is 12.6. The molecule has 0 saturated carbocycles. The van der Waals surface area contributed by atoms with Crippen LogP contribution < -0.4 is 10.5 Å². The fraction of sp³-hybridized carbons (Fsp3) is 0.353. The van der Waals surface area contributed by atoms with Crippen LogP contribution in [0.15, 0.2) is 36.5 Å². The summed E-state index contributed by atoms with van der Waals surface area (Å²) < 4.78 is 6.12.